The molecule has 2 amide bonds. The van der Waals surface area contributed by atoms with Crippen molar-refractivity contribution < 1.29 is 50.6 Å². The second kappa shape index (κ2) is 12.5. The first kappa shape index (κ1) is 33.5. The number of hydrogen-bond donors (Lipinski definition) is 2. The van der Waals surface area contributed by atoms with Crippen molar-refractivity contribution in [2.75, 3.05) is 13.3 Å². The number of nitro benzene ring substituents is 1. The average Bonchev–Trinajstić information content (AvgIpc) is 3.10. The molecule has 0 radical (unpaired) electrons. The molecule has 1 unspecified atom stereocenters. The summed E-state index contributed by atoms with van der Waals surface area (Å²) in [7, 11) is 0. The first-order chi connectivity index (χ1) is 21.0. The van der Waals surface area contributed by atoms with Gasteiger partial charge in [-0.15, -0.1) is 0 Å². The van der Waals surface area contributed by atoms with Crippen LogP contribution in [-0.2, 0) is 28.8 Å². The zero-order valence-corrected chi connectivity index (χ0v) is 23.9. The number of aliphatic hydroxyl groups is 1. The molecule has 45 heavy (non-hydrogen) atoms. The highest BCUT2D eigenvalue weighted by Gasteiger charge is 2.71. The van der Waals surface area contributed by atoms with Gasteiger partial charge in [0, 0.05) is 30.0 Å². The van der Waals surface area contributed by atoms with Gasteiger partial charge in [-0.25, -0.2) is 4.79 Å². The molecule has 1 aromatic heterocycles. The Kier molecular flexibility index (Phi) is 9.30. The number of aromatic nitrogens is 1. The van der Waals surface area contributed by atoms with Crippen molar-refractivity contribution in [3.8, 4) is 11.5 Å². The smallest absolute Gasteiger partial charge is 0.430 e. The summed E-state index contributed by atoms with van der Waals surface area (Å²) in [5.74, 6) is 0.109. The van der Waals surface area contributed by atoms with Gasteiger partial charge in [-0.3, -0.25) is 20.0 Å². The van der Waals surface area contributed by atoms with E-state index in [1.807, 2.05) is 0 Å². The van der Waals surface area contributed by atoms with Crippen LogP contribution in [0.5, 0.6) is 11.5 Å². The largest absolute Gasteiger partial charge is 0.457 e. The zero-order chi connectivity index (χ0) is 33.2. The summed E-state index contributed by atoms with van der Waals surface area (Å²) in [4.78, 5) is 29.1. The normalized spacial score (nSPS) is 17.9. The summed E-state index contributed by atoms with van der Waals surface area (Å²) >= 11 is 0. The third-order valence-corrected chi connectivity index (χ3v) is 7.21. The second-order valence-electron chi connectivity index (χ2n) is 10.6. The Balaban J connectivity index is 1.53. The number of alkyl halides is 6. The number of carbonyl (C=O) groups is 1. The molecule has 1 atom stereocenters. The molecule has 3 aromatic rings. The number of rotatable bonds is 9. The minimum Gasteiger partial charge on any atom is -0.457 e. The summed E-state index contributed by atoms with van der Waals surface area (Å²) in [6.45, 7) is 3.22. The Hall–Kier alpha value is -4.44. The van der Waals surface area contributed by atoms with Crippen LogP contribution in [0.15, 0.2) is 60.8 Å². The summed E-state index contributed by atoms with van der Waals surface area (Å²) in [5.41, 5.74) is -6.68. The number of nitrogens with one attached hydrogen (secondary N) is 1. The third kappa shape index (κ3) is 6.96. The molecule has 242 valence electrons. The summed E-state index contributed by atoms with van der Waals surface area (Å²) in [6.07, 6.45) is -10.3. The molecule has 1 aliphatic rings. The maximum Gasteiger partial charge on any atom is 0.430 e. The van der Waals surface area contributed by atoms with Crippen LogP contribution < -0.4 is 10.1 Å². The molecule has 2 aromatic carbocycles. The highest BCUT2D eigenvalue weighted by molar-refractivity contribution is 5.75. The van der Waals surface area contributed by atoms with Gasteiger partial charge in [0.2, 0.25) is 0 Å². The number of urea groups is 1. The van der Waals surface area contributed by atoms with Crippen molar-refractivity contribution >= 4 is 11.7 Å². The fourth-order valence-electron chi connectivity index (χ4n) is 4.78. The van der Waals surface area contributed by atoms with E-state index in [9.17, 15) is 46.4 Å². The summed E-state index contributed by atoms with van der Waals surface area (Å²) in [5, 5.41) is 23.7. The summed E-state index contributed by atoms with van der Waals surface area (Å²) < 4.78 is 92.2. The highest BCUT2D eigenvalue weighted by Crippen LogP contribution is 2.50. The number of hydrogen-bond acceptors (Lipinski definition) is 7. The van der Waals surface area contributed by atoms with Crippen molar-refractivity contribution in [2.24, 2.45) is 0 Å². The predicted octanol–water partition coefficient (Wildman–Crippen LogP) is 6.46. The number of amides is 2. The number of aryl methyl sites for hydroxylation is 1. The highest BCUT2D eigenvalue weighted by atomic mass is 19.4. The van der Waals surface area contributed by atoms with Gasteiger partial charge < -0.3 is 19.9 Å². The Morgan fingerprint density at radius 1 is 1.09 bits per heavy atom. The fourth-order valence-corrected chi connectivity index (χ4v) is 4.78. The van der Waals surface area contributed by atoms with E-state index in [2.05, 4.69) is 10.3 Å². The maximum absolute atomic E-state index is 13.4. The lowest BCUT2D eigenvalue weighted by atomic mass is 9.90. The molecule has 2 heterocycles. The minimum atomic E-state index is -6.03. The van der Waals surface area contributed by atoms with Crippen LogP contribution in [0.1, 0.15) is 42.7 Å². The topological polar surface area (TPSA) is 127 Å². The SMILES string of the molecule is CCCc1cc(C(O)(C(F)(F)F)C(F)(F)F)ccc1Oc1ccnc(CN2COCC(C)(c3ccc([N+](=O)[O-])cc3)NC2=O)c1. The Bertz CT molecular complexity index is 1540. The molecular weight excluding hydrogens is 614 g/mol. The predicted molar refractivity (Wildman–Crippen MR) is 146 cm³/mol. The van der Waals surface area contributed by atoms with Crippen LogP contribution in [0.25, 0.3) is 0 Å². The van der Waals surface area contributed by atoms with Gasteiger partial charge in [-0.1, -0.05) is 19.4 Å². The molecular formula is C29H28F6N4O6. The number of non-ortho nitro benzene ring substituents is 1. The van der Waals surface area contributed by atoms with Gasteiger partial charge in [0.15, 0.2) is 0 Å². The Morgan fingerprint density at radius 3 is 2.36 bits per heavy atom. The van der Waals surface area contributed by atoms with Crippen LogP contribution >= 0.6 is 0 Å². The first-order valence-electron chi connectivity index (χ1n) is 13.5. The Morgan fingerprint density at radius 2 is 1.76 bits per heavy atom. The van der Waals surface area contributed by atoms with Crippen LogP contribution in [0.4, 0.5) is 36.8 Å². The van der Waals surface area contributed by atoms with Crippen molar-refractivity contribution in [3.05, 3.63) is 93.3 Å². The van der Waals surface area contributed by atoms with Crippen molar-refractivity contribution in [1.82, 2.24) is 15.2 Å². The van der Waals surface area contributed by atoms with Gasteiger partial charge in [-0.05, 0) is 54.8 Å². The van der Waals surface area contributed by atoms with Gasteiger partial charge >= 0.3 is 18.4 Å². The van der Waals surface area contributed by atoms with E-state index in [1.165, 1.54) is 47.5 Å². The van der Waals surface area contributed by atoms with Crippen molar-refractivity contribution in [2.45, 2.75) is 56.7 Å². The van der Waals surface area contributed by atoms with Crippen molar-refractivity contribution in [1.29, 1.82) is 0 Å². The number of benzene rings is 2. The second-order valence-corrected chi connectivity index (χ2v) is 10.6. The molecule has 0 spiro atoms. The molecule has 1 fully saturated rings. The molecule has 2 N–H and O–H groups in total. The first-order valence-corrected chi connectivity index (χ1v) is 13.5. The lowest BCUT2D eigenvalue weighted by molar-refractivity contribution is -0.384. The Labute approximate surface area is 252 Å². The summed E-state index contributed by atoms with van der Waals surface area (Å²) in [6, 6.07) is 10.1. The monoisotopic (exact) mass is 642 g/mol. The third-order valence-electron chi connectivity index (χ3n) is 7.21. The number of halogens is 6. The van der Waals surface area contributed by atoms with E-state index in [0.717, 1.165) is 6.07 Å². The van der Waals surface area contributed by atoms with Gasteiger partial charge in [0.1, 0.15) is 18.2 Å². The molecule has 0 aliphatic carbocycles. The van der Waals surface area contributed by atoms with E-state index < -0.39 is 40.0 Å². The van der Waals surface area contributed by atoms with Gasteiger partial charge in [-0.2, -0.15) is 26.3 Å². The number of nitrogens with zero attached hydrogens (tertiary/aromatic N) is 3. The van der Waals surface area contributed by atoms with Crippen LogP contribution in [0.3, 0.4) is 0 Å². The van der Waals surface area contributed by atoms with Gasteiger partial charge in [0.05, 0.1) is 29.3 Å². The minimum absolute atomic E-state index is 0.00566. The van der Waals surface area contributed by atoms with Gasteiger partial charge in [0.25, 0.3) is 11.3 Å². The number of pyridine rings is 1. The molecule has 1 aliphatic heterocycles. The number of ether oxygens (including phenoxy) is 2. The standard InChI is InChI=1S/C29H28F6N4O6/c1-3-4-18-13-20(27(41,28(30,31)32)29(33,34)35)7-10-24(18)45-23-11-12-36-21(14-23)15-38-17-44-16-26(2,37-25(38)40)19-5-8-22(9-6-19)39(42)43/h5-14,41H,3-4,15-17H2,1-2H3,(H,37,40). The van der Waals surface area contributed by atoms with E-state index >= 15 is 0 Å². The fraction of sp³-hybridized carbons (Fsp3) is 0.379. The van der Waals surface area contributed by atoms with E-state index in [-0.39, 0.29) is 49.1 Å². The lowest BCUT2D eigenvalue weighted by Gasteiger charge is -2.33. The molecule has 1 saturated heterocycles. The average molecular weight is 643 g/mol. The molecule has 0 saturated carbocycles. The van der Waals surface area contributed by atoms with E-state index in [4.69, 9.17) is 9.47 Å². The molecule has 16 heteroatoms. The van der Waals surface area contributed by atoms with Crippen LogP contribution in [-0.4, -0.2) is 51.6 Å². The van der Waals surface area contributed by atoms with Crippen LogP contribution in [0.2, 0.25) is 0 Å². The zero-order valence-electron chi connectivity index (χ0n) is 23.9. The van der Waals surface area contributed by atoms with Crippen LogP contribution in [0, 0.1) is 10.1 Å². The van der Waals surface area contributed by atoms with E-state index in [1.54, 1.807) is 13.8 Å². The quantitative estimate of drug-likeness (QED) is 0.156. The van der Waals surface area contributed by atoms with Crippen molar-refractivity contribution in [3.63, 3.8) is 0 Å². The molecule has 10 nitrogen and oxygen atoms in total. The molecule has 4 rings (SSSR count). The number of carbonyl (C=O) groups excluding carboxylic acids is 1. The van der Waals surface area contributed by atoms with E-state index in [0.29, 0.717) is 29.8 Å². The molecule has 0 bridgehead atoms. The lowest BCUT2D eigenvalue weighted by Crippen LogP contribution is -2.53. The number of nitro groups is 1. The maximum atomic E-state index is 13.4.